The topological polar surface area (TPSA) is 29.5 Å². The van der Waals surface area contributed by atoms with E-state index in [1.165, 1.54) is 57.9 Å². The molecule has 4 aliphatic carbocycles. The first-order valence-corrected chi connectivity index (χ1v) is 13.2. The number of hydrogen-bond donors (Lipinski definition) is 0. The molecule has 3 nitrogen and oxygen atoms in total. The van der Waals surface area contributed by atoms with Gasteiger partial charge in [-0.15, -0.1) is 0 Å². The minimum Gasteiger partial charge on any atom is -0.492 e. The Morgan fingerprint density at radius 3 is 2.06 bits per heavy atom. The number of rotatable bonds is 6. The van der Waals surface area contributed by atoms with Crippen molar-refractivity contribution in [1.82, 2.24) is 4.90 Å². The van der Waals surface area contributed by atoms with Crippen molar-refractivity contribution in [2.45, 2.75) is 62.9 Å². The fourth-order valence-electron chi connectivity index (χ4n) is 7.71. The van der Waals surface area contributed by atoms with Crippen molar-refractivity contribution in [2.24, 2.45) is 17.8 Å². The van der Waals surface area contributed by atoms with Crippen LogP contribution in [0.2, 0.25) is 0 Å². The molecule has 2 aromatic carbocycles. The molecule has 4 bridgehead atoms. The van der Waals surface area contributed by atoms with Gasteiger partial charge in [0, 0.05) is 27.2 Å². The van der Waals surface area contributed by atoms with E-state index in [1.54, 1.807) is 0 Å². The number of ether oxygens (including phenoxy) is 1. The lowest BCUT2D eigenvalue weighted by atomic mass is 9.52. The van der Waals surface area contributed by atoms with Gasteiger partial charge >= 0.3 is 0 Å². The highest BCUT2D eigenvalue weighted by atomic mass is 79.9. The second-order valence-corrected chi connectivity index (χ2v) is 11.7. The van der Waals surface area contributed by atoms with Crippen molar-refractivity contribution in [1.29, 1.82) is 0 Å². The van der Waals surface area contributed by atoms with Gasteiger partial charge in [0.25, 0.3) is 0 Å². The Morgan fingerprint density at radius 2 is 1.47 bits per heavy atom. The molecule has 4 heteroatoms. The molecule has 1 heterocycles. The van der Waals surface area contributed by atoms with Gasteiger partial charge in [0.15, 0.2) is 5.78 Å². The highest BCUT2D eigenvalue weighted by Gasteiger charge is 2.55. The maximum atomic E-state index is 12.7. The number of carbonyl (C=O) groups is 1. The predicted octanol–water partition coefficient (Wildman–Crippen LogP) is 6.49. The Morgan fingerprint density at radius 1 is 0.906 bits per heavy atom. The van der Waals surface area contributed by atoms with Crippen molar-refractivity contribution in [3.8, 4) is 5.75 Å². The fourth-order valence-corrected chi connectivity index (χ4v) is 7.98. The van der Waals surface area contributed by atoms with Gasteiger partial charge in [0.1, 0.15) is 12.4 Å². The molecule has 168 valence electrons. The number of hydrogen-bond acceptors (Lipinski definition) is 3. The maximum Gasteiger partial charge on any atom is 0.193 e. The summed E-state index contributed by atoms with van der Waals surface area (Å²) in [6.45, 7) is 2.02. The molecule has 5 fully saturated rings. The Labute approximate surface area is 199 Å². The van der Waals surface area contributed by atoms with Crippen LogP contribution in [0, 0.1) is 17.8 Å². The molecule has 2 aromatic rings. The molecule has 7 rings (SSSR count). The number of benzene rings is 2. The van der Waals surface area contributed by atoms with Crippen molar-refractivity contribution in [2.75, 3.05) is 13.2 Å². The molecule has 0 radical (unpaired) electrons. The first-order valence-electron chi connectivity index (χ1n) is 12.4. The summed E-state index contributed by atoms with van der Waals surface area (Å²) in [5.74, 6) is 3.88. The maximum absolute atomic E-state index is 12.7. The van der Waals surface area contributed by atoms with E-state index < -0.39 is 0 Å². The summed E-state index contributed by atoms with van der Waals surface area (Å²) in [7, 11) is 0. The zero-order valence-corrected chi connectivity index (χ0v) is 20.2. The number of nitrogens with zero attached hydrogens (tertiary/aromatic N) is 1. The molecule has 0 N–H and O–H groups in total. The molecule has 5 aliphatic rings. The van der Waals surface area contributed by atoms with Crippen LogP contribution in [-0.4, -0.2) is 35.4 Å². The largest absolute Gasteiger partial charge is 0.492 e. The molecule has 1 unspecified atom stereocenters. The van der Waals surface area contributed by atoms with Crippen LogP contribution in [0.1, 0.15) is 67.3 Å². The van der Waals surface area contributed by atoms with Crippen LogP contribution in [0.15, 0.2) is 53.0 Å². The Balaban J connectivity index is 1.10. The van der Waals surface area contributed by atoms with Gasteiger partial charge in [-0.25, -0.2) is 0 Å². The first-order chi connectivity index (χ1) is 15.6. The number of halogens is 1. The van der Waals surface area contributed by atoms with Crippen molar-refractivity contribution >= 4 is 21.7 Å². The third-order valence-corrected chi connectivity index (χ3v) is 9.19. The summed E-state index contributed by atoms with van der Waals surface area (Å²) in [5, 5.41) is 0. The second kappa shape index (κ2) is 8.29. The van der Waals surface area contributed by atoms with Crippen LogP contribution < -0.4 is 4.74 Å². The van der Waals surface area contributed by atoms with Gasteiger partial charge in [0.2, 0.25) is 0 Å². The lowest BCUT2D eigenvalue weighted by Crippen LogP contribution is -2.61. The van der Waals surface area contributed by atoms with E-state index in [2.05, 4.69) is 20.8 Å². The summed E-state index contributed by atoms with van der Waals surface area (Å²) in [6.07, 6.45) is 11.4. The van der Waals surface area contributed by atoms with E-state index in [1.807, 2.05) is 48.5 Å². The molecule has 0 amide bonds. The number of carbonyl (C=O) groups excluding carboxylic acids is 1. The average Bonchev–Trinajstić information content (AvgIpc) is 3.27. The molecule has 4 saturated carbocycles. The normalized spacial score (nSPS) is 33.5. The third-order valence-electron chi connectivity index (χ3n) is 8.66. The van der Waals surface area contributed by atoms with Crippen molar-refractivity contribution in [3.05, 3.63) is 64.1 Å². The first kappa shape index (κ1) is 20.9. The van der Waals surface area contributed by atoms with Gasteiger partial charge < -0.3 is 4.74 Å². The molecular formula is C28H32BrNO2. The lowest BCUT2D eigenvalue weighted by Gasteiger charge is -2.61. The highest BCUT2D eigenvalue weighted by molar-refractivity contribution is 9.10. The summed E-state index contributed by atoms with van der Waals surface area (Å²) in [6, 6.07) is 15.8. The Kier molecular flexibility index (Phi) is 5.42. The van der Waals surface area contributed by atoms with E-state index in [0.29, 0.717) is 22.7 Å². The summed E-state index contributed by atoms with van der Waals surface area (Å²) in [4.78, 5) is 15.6. The zero-order valence-electron chi connectivity index (χ0n) is 18.6. The molecule has 1 aliphatic heterocycles. The second-order valence-electron chi connectivity index (χ2n) is 10.8. The Bertz CT molecular complexity index is 948. The molecule has 1 atom stereocenters. The lowest BCUT2D eigenvalue weighted by molar-refractivity contribution is -0.0976. The third kappa shape index (κ3) is 3.84. The van der Waals surface area contributed by atoms with Crippen LogP contribution in [0.25, 0.3) is 0 Å². The Hall–Kier alpha value is -1.65. The molecule has 1 saturated heterocycles. The van der Waals surface area contributed by atoms with Crippen LogP contribution in [0.3, 0.4) is 0 Å². The molecule has 0 aromatic heterocycles. The average molecular weight is 494 g/mol. The SMILES string of the molecule is O=C(c1ccc(Br)cc1)c1ccc(OCC2CCCN2C23CC4CC(CC(C4)C2)C3)cc1. The molecule has 32 heavy (non-hydrogen) atoms. The van der Waals surface area contributed by atoms with Gasteiger partial charge in [-0.05, 0) is 124 Å². The summed E-state index contributed by atoms with van der Waals surface area (Å²) < 4.78 is 7.26. The minimum atomic E-state index is 0.0489. The standard InChI is InChI=1S/C28H32BrNO2/c29-24-7-3-22(4-8-24)27(31)23-5-9-26(10-6-23)32-18-25-2-1-11-30(25)28-15-19-12-20(16-28)14-21(13-19)17-28/h3-10,19-21,25H,1-2,11-18H2. The van der Waals surface area contributed by atoms with E-state index >= 15 is 0 Å². The van der Waals surface area contributed by atoms with Gasteiger partial charge in [0.05, 0.1) is 0 Å². The predicted molar refractivity (Wildman–Crippen MR) is 130 cm³/mol. The molecule has 0 spiro atoms. The summed E-state index contributed by atoms with van der Waals surface area (Å²) in [5.41, 5.74) is 1.88. The monoisotopic (exact) mass is 493 g/mol. The van der Waals surface area contributed by atoms with Crippen molar-refractivity contribution < 1.29 is 9.53 Å². The zero-order chi connectivity index (χ0) is 21.7. The van der Waals surface area contributed by atoms with E-state index in [9.17, 15) is 4.79 Å². The van der Waals surface area contributed by atoms with E-state index in [0.717, 1.165) is 34.6 Å². The van der Waals surface area contributed by atoms with E-state index in [-0.39, 0.29) is 5.78 Å². The van der Waals surface area contributed by atoms with Crippen LogP contribution in [0.4, 0.5) is 0 Å². The fraction of sp³-hybridized carbons (Fsp3) is 0.536. The number of likely N-dealkylation sites (tertiary alicyclic amines) is 1. The van der Waals surface area contributed by atoms with Crippen LogP contribution >= 0.6 is 15.9 Å². The van der Waals surface area contributed by atoms with Crippen molar-refractivity contribution in [3.63, 3.8) is 0 Å². The van der Waals surface area contributed by atoms with Gasteiger partial charge in [-0.3, -0.25) is 9.69 Å². The highest BCUT2D eigenvalue weighted by Crippen LogP contribution is 2.58. The quantitative estimate of drug-likeness (QED) is 0.430. The van der Waals surface area contributed by atoms with Gasteiger partial charge in [-0.2, -0.15) is 0 Å². The summed E-state index contributed by atoms with van der Waals surface area (Å²) >= 11 is 3.42. The minimum absolute atomic E-state index is 0.0489. The van der Waals surface area contributed by atoms with E-state index in [4.69, 9.17) is 4.74 Å². The van der Waals surface area contributed by atoms with Gasteiger partial charge in [-0.1, -0.05) is 15.9 Å². The number of ketones is 1. The smallest absolute Gasteiger partial charge is 0.193 e. The molecular weight excluding hydrogens is 462 g/mol. The van der Waals surface area contributed by atoms with Crippen LogP contribution in [-0.2, 0) is 0 Å². The van der Waals surface area contributed by atoms with Crippen LogP contribution in [0.5, 0.6) is 5.75 Å².